The molecule has 0 spiro atoms. The first kappa shape index (κ1) is 14.2. The zero-order valence-corrected chi connectivity index (χ0v) is 11.7. The zero-order chi connectivity index (χ0) is 14.5. The normalized spacial score (nSPS) is 10.4. The number of nitrogens with one attached hydrogen (secondary N) is 1. The van der Waals surface area contributed by atoms with Crippen LogP contribution in [0, 0.1) is 5.82 Å². The largest absolute Gasteiger partial charge is 0.377 e. The highest BCUT2D eigenvalue weighted by molar-refractivity contribution is 5.62. The van der Waals surface area contributed by atoms with Crippen LogP contribution >= 0.6 is 0 Å². The van der Waals surface area contributed by atoms with Crippen LogP contribution in [0.5, 0.6) is 0 Å². The summed E-state index contributed by atoms with van der Waals surface area (Å²) in [6.45, 7) is 0.299. The maximum atomic E-state index is 13.8. The number of methoxy groups -OCH3 is 1. The van der Waals surface area contributed by atoms with Gasteiger partial charge in [-0.05, 0) is 12.1 Å². The maximum Gasteiger partial charge on any atom is 0.158 e. The fourth-order valence-electron chi connectivity index (χ4n) is 1.82. The zero-order valence-electron chi connectivity index (χ0n) is 11.7. The standard InChI is InChI=1S/C14H17FN4O/c1-16-12-8-14(18-13(17-12)9-20-3)19(2)11-7-5-4-6-10(11)15/h4-8H,9H2,1-3H3,(H,16,17,18). The fourth-order valence-corrected chi connectivity index (χ4v) is 1.82. The first-order valence-electron chi connectivity index (χ1n) is 6.18. The lowest BCUT2D eigenvalue weighted by atomic mass is 10.3. The number of nitrogens with zero attached hydrogens (tertiary/aromatic N) is 3. The van der Waals surface area contributed by atoms with Crippen molar-refractivity contribution < 1.29 is 9.13 Å². The molecule has 1 aromatic carbocycles. The van der Waals surface area contributed by atoms with Crippen molar-refractivity contribution in [2.45, 2.75) is 6.61 Å². The van der Waals surface area contributed by atoms with E-state index < -0.39 is 0 Å². The van der Waals surface area contributed by atoms with Crippen molar-refractivity contribution in [3.05, 3.63) is 42.0 Å². The Kier molecular flexibility index (Phi) is 4.47. The molecule has 1 aromatic heterocycles. The molecule has 0 saturated heterocycles. The minimum atomic E-state index is -0.298. The number of rotatable bonds is 5. The molecule has 0 aliphatic heterocycles. The molecule has 0 aliphatic carbocycles. The van der Waals surface area contributed by atoms with E-state index in [-0.39, 0.29) is 5.82 Å². The molecule has 0 saturated carbocycles. The minimum Gasteiger partial charge on any atom is -0.377 e. The maximum absolute atomic E-state index is 13.8. The van der Waals surface area contributed by atoms with E-state index in [4.69, 9.17) is 4.74 Å². The lowest BCUT2D eigenvalue weighted by Crippen LogP contribution is -2.15. The average Bonchev–Trinajstić information content (AvgIpc) is 2.47. The molecule has 1 N–H and O–H groups in total. The number of halogens is 1. The van der Waals surface area contributed by atoms with Crippen molar-refractivity contribution in [1.29, 1.82) is 0 Å². The number of hydrogen-bond donors (Lipinski definition) is 1. The summed E-state index contributed by atoms with van der Waals surface area (Å²) >= 11 is 0. The van der Waals surface area contributed by atoms with Crippen LogP contribution in [0.3, 0.4) is 0 Å². The second-order valence-corrected chi connectivity index (χ2v) is 4.22. The Hall–Kier alpha value is -2.21. The third kappa shape index (κ3) is 3.03. The van der Waals surface area contributed by atoms with Gasteiger partial charge in [0.1, 0.15) is 24.1 Å². The van der Waals surface area contributed by atoms with Crippen molar-refractivity contribution in [2.75, 3.05) is 31.4 Å². The van der Waals surface area contributed by atoms with Crippen LogP contribution in [-0.2, 0) is 11.3 Å². The molecule has 2 rings (SSSR count). The lowest BCUT2D eigenvalue weighted by Gasteiger charge is -2.20. The van der Waals surface area contributed by atoms with Gasteiger partial charge < -0.3 is 15.0 Å². The van der Waals surface area contributed by atoms with Gasteiger partial charge >= 0.3 is 0 Å². The summed E-state index contributed by atoms with van der Waals surface area (Å²) in [5, 5.41) is 2.96. The molecular formula is C14H17FN4O. The highest BCUT2D eigenvalue weighted by Gasteiger charge is 2.12. The smallest absolute Gasteiger partial charge is 0.158 e. The van der Waals surface area contributed by atoms with Gasteiger partial charge in [-0.25, -0.2) is 14.4 Å². The van der Waals surface area contributed by atoms with Crippen molar-refractivity contribution >= 4 is 17.3 Å². The number of anilines is 3. The Morgan fingerprint density at radius 2 is 2.05 bits per heavy atom. The highest BCUT2D eigenvalue weighted by Crippen LogP contribution is 2.25. The molecule has 106 valence electrons. The van der Waals surface area contributed by atoms with Crippen LogP contribution in [0.1, 0.15) is 5.82 Å². The van der Waals surface area contributed by atoms with Crippen LogP contribution < -0.4 is 10.2 Å². The Labute approximate surface area is 117 Å². The van der Waals surface area contributed by atoms with E-state index in [1.807, 2.05) is 0 Å². The predicted octanol–water partition coefficient (Wildman–Crippen LogP) is 2.57. The summed E-state index contributed by atoms with van der Waals surface area (Å²) in [5.74, 6) is 1.50. The monoisotopic (exact) mass is 276 g/mol. The molecule has 5 nitrogen and oxygen atoms in total. The van der Waals surface area contributed by atoms with E-state index in [0.29, 0.717) is 29.8 Å². The summed E-state index contributed by atoms with van der Waals surface area (Å²) < 4.78 is 18.9. The van der Waals surface area contributed by atoms with Crippen LogP contribution in [0.4, 0.5) is 21.7 Å². The highest BCUT2D eigenvalue weighted by atomic mass is 19.1. The summed E-state index contributed by atoms with van der Waals surface area (Å²) in [5.41, 5.74) is 0.455. The molecule has 0 unspecified atom stereocenters. The molecule has 0 aliphatic rings. The summed E-state index contributed by atoms with van der Waals surface area (Å²) in [6, 6.07) is 8.31. The summed E-state index contributed by atoms with van der Waals surface area (Å²) in [6.07, 6.45) is 0. The van der Waals surface area contributed by atoms with Gasteiger partial charge in [0.25, 0.3) is 0 Å². The number of hydrogen-bond acceptors (Lipinski definition) is 5. The van der Waals surface area contributed by atoms with Gasteiger partial charge in [-0.15, -0.1) is 0 Å². The van der Waals surface area contributed by atoms with Crippen LogP contribution in [-0.4, -0.2) is 31.2 Å². The molecule has 1 heterocycles. The SMILES string of the molecule is CNc1cc(N(C)c2ccccc2F)nc(COC)n1. The van der Waals surface area contributed by atoms with Gasteiger partial charge in [0.2, 0.25) is 0 Å². The van der Waals surface area contributed by atoms with Crippen LogP contribution in [0.15, 0.2) is 30.3 Å². The first-order chi connectivity index (χ1) is 9.65. The Morgan fingerprint density at radius 1 is 1.30 bits per heavy atom. The molecule has 0 radical (unpaired) electrons. The molecule has 0 atom stereocenters. The van der Waals surface area contributed by atoms with Gasteiger partial charge in [-0.2, -0.15) is 0 Å². The quantitative estimate of drug-likeness (QED) is 0.909. The van der Waals surface area contributed by atoms with Gasteiger partial charge in [0, 0.05) is 27.3 Å². The topological polar surface area (TPSA) is 50.3 Å². The molecule has 20 heavy (non-hydrogen) atoms. The van der Waals surface area contributed by atoms with E-state index in [0.717, 1.165) is 0 Å². The third-order valence-electron chi connectivity index (χ3n) is 2.85. The predicted molar refractivity (Wildman–Crippen MR) is 76.8 cm³/mol. The summed E-state index contributed by atoms with van der Waals surface area (Å²) in [7, 11) is 5.11. The van der Waals surface area contributed by atoms with Crippen molar-refractivity contribution in [1.82, 2.24) is 9.97 Å². The van der Waals surface area contributed by atoms with E-state index in [1.165, 1.54) is 6.07 Å². The van der Waals surface area contributed by atoms with Gasteiger partial charge in [-0.3, -0.25) is 0 Å². The number of para-hydroxylation sites is 1. The Balaban J connectivity index is 2.40. The van der Waals surface area contributed by atoms with Gasteiger partial charge in [0.05, 0.1) is 5.69 Å². The Bertz CT molecular complexity index is 591. The molecule has 6 heteroatoms. The second-order valence-electron chi connectivity index (χ2n) is 4.22. The summed E-state index contributed by atoms with van der Waals surface area (Å²) in [4.78, 5) is 10.3. The van der Waals surface area contributed by atoms with E-state index >= 15 is 0 Å². The van der Waals surface area contributed by atoms with Crippen molar-refractivity contribution in [3.63, 3.8) is 0 Å². The van der Waals surface area contributed by atoms with E-state index in [2.05, 4.69) is 15.3 Å². The number of ether oxygens (including phenoxy) is 1. The van der Waals surface area contributed by atoms with E-state index in [9.17, 15) is 4.39 Å². The molecular weight excluding hydrogens is 259 g/mol. The van der Waals surface area contributed by atoms with Crippen molar-refractivity contribution in [3.8, 4) is 0 Å². The first-order valence-corrected chi connectivity index (χ1v) is 6.18. The number of benzene rings is 1. The van der Waals surface area contributed by atoms with E-state index in [1.54, 1.807) is 50.4 Å². The van der Waals surface area contributed by atoms with Crippen LogP contribution in [0.25, 0.3) is 0 Å². The molecule has 2 aromatic rings. The minimum absolute atomic E-state index is 0.298. The lowest BCUT2D eigenvalue weighted by molar-refractivity contribution is 0.178. The van der Waals surface area contributed by atoms with Crippen molar-refractivity contribution in [2.24, 2.45) is 0 Å². The van der Waals surface area contributed by atoms with Crippen LogP contribution in [0.2, 0.25) is 0 Å². The molecule has 0 bridgehead atoms. The van der Waals surface area contributed by atoms with Gasteiger partial charge in [0.15, 0.2) is 5.82 Å². The Morgan fingerprint density at radius 3 is 2.70 bits per heavy atom. The molecule has 0 fully saturated rings. The second kappa shape index (κ2) is 6.29. The third-order valence-corrected chi connectivity index (χ3v) is 2.85. The average molecular weight is 276 g/mol. The number of aromatic nitrogens is 2. The fraction of sp³-hybridized carbons (Fsp3) is 0.286. The molecule has 0 amide bonds. The van der Waals surface area contributed by atoms with Gasteiger partial charge in [-0.1, -0.05) is 12.1 Å².